The van der Waals surface area contributed by atoms with Crippen LogP contribution in [-0.4, -0.2) is 18.8 Å². The maximum atomic E-state index is 11.0. The van der Waals surface area contributed by atoms with Crippen molar-refractivity contribution in [3.63, 3.8) is 0 Å². The smallest absolute Gasteiger partial charge is 0.414 e. The Morgan fingerprint density at radius 3 is 2.73 bits per heavy atom. The third-order valence-corrected chi connectivity index (χ3v) is 2.57. The topological polar surface area (TPSA) is 38.4 Å². The molecule has 62 valence electrons. The quantitative estimate of drug-likeness (QED) is 0.571. The van der Waals surface area contributed by atoms with Gasteiger partial charge in [0.25, 0.3) is 0 Å². The minimum Gasteiger partial charge on any atom is -0.414 e. The average molecular weight is 192 g/mol. The van der Waals surface area contributed by atoms with Gasteiger partial charge in [0.2, 0.25) is 0 Å². The van der Waals surface area contributed by atoms with E-state index in [1.54, 1.807) is 19.1 Å². The second kappa shape index (κ2) is 3.24. The van der Waals surface area contributed by atoms with Crippen LogP contribution in [0.25, 0.3) is 0 Å². The lowest BCUT2D eigenvalue weighted by molar-refractivity contribution is 0.481. The minimum atomic E-state index is -0.373. The molecule has 6 heteroatoms. The van der Waals surface area contributed by atoms with E-state index in [2.05, 4.69) is 4.42 Å². The molecule has 0 bridgehead atoms. The van der Waals surface area contributed by atoms with Gasteiger partial charge in [-0.25, -0.2) is 4.79 Å². The van der Waals surface area contributed by atoms with Crippen molar-refractivity contribution in [3.05, 3.63) is 16.8 Å². The van der Waals surface area contributed by atoms with Crippen molar-refractivity contribution in [1.29, 1.82) is 0 Å². The van der Waals surface area contributed by atoms with E-state index in [0.717, 1.165) is 5.44 Å². The van der Waals surface area contributed by atoms with Gasteiger partial charge in [-0.15, -0.1) is 0 Å². The number of hydrogen-bond acceptors (Lipinski definition) is 4. The molecule has 1 unspecified atom stereocenters. The number of nitrogens with zero attached hydrogens (tertiary/aromatic N) is 2. The highest BCUT2D eigenvalue weighted by Crippen LogP contribution is 1.92. The zero-order valence-electron chi connectivity index (χ0n) is 6.27. The van der Waals surface area contributed by atoms with Gasteiger partial charge in [0.15, 0.2) is 0 Å². The predicted molar refractivity (Wildman–Crippen MR) is 49.7 cm³/mol. The molecule has 1 aromatic heterocycles. The Morgan fingerprint density at radius 2 is 2.36 bits per heavy atom. The van der Waals surface area contributed by atoms with Crippen molar-refractivity contribution in [1.82, 2.24) is 4.68 Å². The highest BCUT2D eigenvalue weighted by molar-refractivity contribution is 7.99. The zero-order chi connectivity index (χ0) is 8.43. The van der Waals surface area contributed by atoms with E-state index in [1.807, 2.05) is 0 Å². The van der Waals surface area contributed by atoms with Crippen LogP contribution in [0, 0.1) is 0 Å². The summed E-state index contributed by atoms with van der Waals surface area (Å²) in [6.07, 6.45) is 1.42. The summed E-state index contributed by atoms with van der Waals surface area (Å²) in [6, 6.07) is 0. The van der Waals surface area contributed by atoms with Crippen LogP contribution in [0.1, 0.15) is 0 Å². The molecule has 1 atom stereocenters. The molecule has 0 amide bonds. The summed E-state index contributed by atoms with van der Waals surface area (Å²) >= 11 is 4.88. The Labute approximate surface area is 70.2 Å². The molecule has 0 fully saturated rings. The van der Waals surface area contributed by atoms with E-state index in [1.165, 1.54) is 10.9 Å². The van der Waals surface area contributed by atoms with Crippen LogP contribution < -0.4 is 16.2 Å². The molecular weight excluding hydrogens is 183 g/mol. The van der Waals surface area contributed by atoms with Crippen LogP contribution in [0.15, 0.2) is 15.5 Å². The molecular formula is C5H9N2O2PS. The fourth-order valence-corrected chi connectivity index (χ4v) is 1.81. The fourth-order valence-electron chi connectivity index (χ4n) is 0.788. The SMILES string of the molecule is CN(C)n1c([PH2]=S)coc1=O. The van der Waals surface area contributed by atoms with E-state index in [-0.39, 0.29) is 13.1 Å². The molecule has 1 rings (SSSR count). The second-order valence-electron chi connectivity index (χ2n) is 2.20. The first-order valence-electron chi connectivity index (χ1n) is 3.00. The number of aromatic nitrogens is 1. The molecule has 0 saturated carbocycles. The van der Waals surface area contributed by atoms with Crippen LogP contribution in [-0.2, 0) is 11.8 Å². The van der Waals surface area contributed by atoms with Gasteiger partial charge in [0, 0.05) is 14.1 Å². The molecule has 0 aliphatic heterocycles. The van der Waals surface area contributed by atoms with Crippen molar-refractivity contribution in [3.8, 4) is 0 Å². The van der Waals surface area contributed by atoms with E-state index in [4.69, 9.17) is 11.8 Å². The van der Waals surface area contributed by atoms with Gasteiger partial charge in [-0.2, -0.15) is 4.68 Å². The molecule has 0 aromatic carbocycles. The molecule has 0 radical (unpaired) electrons. The first-order valence-corrected chi connectivity index (χ1v) is 5.46. The first-order chi connectivity index (χ1) is 5.16. The zero-order valence-corrected chi connectivity index (χ0v) is 8.25. The molecule has 1 heterocycles. The normalized spacial score (nSPS) is 11.1. The van der Waals surface area contributed by atoms with E-state index in [0.29, 0.717) is 0 Å². The van der Waals surface area contributed by atoms with Crippen molar-refractivity contribution < 1.29 is 4.42 Å². The highest BCUT2D eigenvalue weighted by atomic mass is 32.4. The Balaban J connectivity index is 3.29. The Morgan fingerprint density at radius 1 is 1.73 bits per heavy atom. The van der Waals surface area contributed by atoms with Crippen LogP contribution in [0.5, 0.6) is 0 Å². The summed E-state index contributed by atoms with van der Waals surface area (Å²) in [5, 5.41) is 1.65. The van der Waals surface area contributed by atoms with E-state index in [9.17, 15) is 4.79 Å². The molecule has 0 N–H and O–H groups in total. The fraction of sp³-hybridized carbons (Fsp3) is 0.400. The van der Waals surface area contributed by atoms with Crippen LogP contribution >= 0.6 is 7.36 Å². The lowest BCUT2D eigenvalue weighted by atomic mass is 10.9. The molecule has 1 aromatic rings. The van der Waals surface area contributed by atoms with Gasteiger partial charge < -0.3 is 9.43 Å². The first kappa shape index (κ1) is 8.56. The highest BCUT2D eigenvalue weighted by Gasteiger charge is 2.05. The van der Waals surface area contributed by atoms with Crippen LogP contribution in [0.4, 0.5) is 0 Å². The van der Waals surface area contributed by atoms with E-state index >= 15 is 0 Å². The molecule has 0 aliphatic carbocycles. The minimum absolute atomic E-state index is 0.298. The van der Waals surface area contributed by atoms with Crippen LogP contribution in [0.2, 0.25) is 0 Å². The third-order valence-electron chi connectivity index (χ3n) is 1.22. The Kier molecular flexibility index (Phi) is 2.52. The molecule has 4 nitrogen and oxygen atoms in total. The summed E-state index contributed by atoms with van der Waals surface area (Å²) < 4.78 is 6.10. The lowest BCUT2D eigenvalue weighted by Crippen LogP contribution is -2.38. The van der Waals surface area contributed by atoms with E-state index < -0.39 is 0 Å². The monoisotopic (exact) mass is 192 g/mol. The third kappa shape index (κ3) is 1.54. The van der Waals surface area contributed by atoms with Gasteiger partial charge in [-0.1, -0.05) is 11.8 Å². The lowest BCUT2D eigenvalue weighted by Gasteiger charge is -2.12. The largest absolute Gasteiger partial charge is 0.438 e. The van der Waals surface area contributed by atoms with Gasteiger partial charge in [0.05, 0.1) is 0 Å². The van der Waals surface area contributed by atoms with Crippen LogP contribution in [0.3, 0.4) is 0 Å². The van der Waals surface area contributed by atoms with Crippen molar-refractivity contribution in [2.45, 2.75) is 0 Å². The number of oxazole rings is 1. The molecule has 0 spiro atoms. The van der Waals surface area contributed by atoms with Gasteiger partial charge in [-0.3, -0.25) is 0 Å². The average Bonchev–Trinajstić information content (AvgIpc) is 2.30. The summed E-state index contributed by atoms with van der Waals surface area (Å²) in [5.74, 6) is -0.373. The standard InChI is InChI=1S/C5H9N2O2PS/c1-6(2)7-4(10-11)3-9-5(7)8/h3H,10H2,1-2H3. The Hall–Kier alpha value is -0.540. The molecule has 0 aliphatic rings. The van der Waals surface area contributed by atoms with Crippen molar-refractivity contribution in [2.75, 3.05) is 19.1 Å². The summed E-state index contributed by atoms with van der Waals surface area (Å²) in [5.41, 5.74) is 0.787. The van der Waals surface area contributed by atoms with Gasteiger partial charge in [-0.05, 0) is 7.36 Å². The maximum absolute atomic E-state index is 11.0. The predicted octanol–water partition coefficient (Wildman–Crippen LogP) is -0.863. The molecule has 11 heavy (non-hydrogen) atoms. The van der Waals surface area contributed by atoms with Gasteiger partial charge in [0.1, 0.15) is 11.7 Å². The summed E-state index contributed by atoms with van der Waals surface area (Å²) in [6.45, 7) is 0. The summed E-state index contributed by atoms with van der Waals surface area (Å²) in [4.78, 5) is 11.0. The van der Waals surface area contributed by atoms with Crippen molar-refractivity contribution in [2.24, 2.45) is 0 Å². The number of hydrogen-bond donors (Lipinski definition) is 0. The van der Waals surface area contributed by atoms with Gasteiger partial charge >= 0.3 is 5.76 Å². The Bertz CT molecular complexity index is 317. The maximum Gasteiger partial charge on any atom is 0.438 e. The number of rotatable bonds is 2. The molecule has 0 saturated heterocycles. The van der Waals surface area contributed by atoms with Crippen molar-refractivity contribution >= 4 is 24.6 Å². The summed E-state index contributed by atoms with van der Waals surface area (Å²) in [7, 11) is 3.24. The second-order valence-corrected chi connectivity index (χ2v) is 3.74.